The zero-order valence-corrected chi connectivity index (χ0v) is 22.2. The first-order valence-corrected chi connectivity index (χ1v) is 14.4. The van der Waals surface area contributed by atoms with Gasteiger partial charge in [-0.15, -0.1) is 0 Å². The number of sulfone groups is 1. The summed E-state index contributed by atoms with van der Waals surface area (Å²) in [5.74, 6) is -1.43. The van der Waals surface area contributed by atoms with Crippen LogP contribution < -0.4 is 15.4 Å². The zero-order chi connectivity index (χ0) is 28.6. The van der Waals surface area contributed by atoms with Crippen molar-refractivity contribution in [1.82, 2.24) is 15.1 Å². The van der Waals surface area contributed by atoms with Gasteiger partial charge >= 0.3 is 6.18 Å². The Labute approximate surface area is 224 Å². The van der Waals surface area contributed by atoms with E-state index in [0.717, 1.165) is 11.8 Å². The van der Waals surface area contributed by atoms with Crippen LogP contribution in [0.4, 0.5) is 19.0 Å². The Morgan fingerprint density at radius 2 is 2.10 bits per heavy atom. The molecule has 0 spiro atoms. The van der Waals surface area contributed by atoms with Crippen LogP contribution in [0.2, 0.25) is 0 Å². The first-order chi connectivity index (χ1) is 18.3. The zero-order valence-electron chi connectivity index (χ0n) is 21.4. The molecule has 0 saturated carbocycles. The van der Waals surface area contributed by atoms with E-state index < -0.39 is 40.0 Å². The number of carbonyl (C=O) groups is 2. The van der Waals surface area contributed by atoms with Crippen LogP contribution >= 0.6 is 0 Å². The van der Waals surface area contributed by atoms with E-state index in [0.29, 0.717) is 37.1 Å². The molecule has 0 fully saturated rings. The molecule has 0 unspecified atom stereocenters. The first-order valence-electron chi connectivity index (χ1n) is 12.4. The second-order valence-electron chi connectivity index (χ2n) is 9.40. The number of hydrogen-bond acceptors (Lipinski definition) is 7. The number of amides is 2. The highest BCUT2D eigenvalue weighted by atomic mass is 32.2. The maximum atomic E-state index is 13.0. The van der Waals surface area contributed by atoms with Gasteiger partial charge in [0, 0.05) is 38.1 Å². The monoisotopic (exact) mass is 569 g/mol. The van der Waals surface area contributed by atoms with Crippen molar-refractivity contribution in [2.75, 3.05) is 23.9 Å². The van der Waals surface area contributed by atoms with Crippen LogP contribution in [0.15, 0.2) is 24.3 Å². The minimum atomic E-state index is -4.22. The largest absolute Gasteiger partial charge is 0.494 e. The van der Waals surface area contributed by atoms with E-state index in [4.69, 9.17) is 10.00 Å². The van der Waals surface area contributed by atoms with Crippen LogP contribution in [0.25, 0.3) is 0 Å². The number of unbranched alkanes of at least 4 members (excludes halogenated alkanes) is 1. The number of alkyl halides is 3. The number of rotatable bonds is 13. The Hall–Kier alpha value is -3.60. The van der Waals surface area contributed by atoms with Gasteiger partial charge in [-0.2, -0.15) is 23.5 Å². The Kier molecular flexibility index (Phi) is 9.96. The lowest BCUT2D eigenvalue weighted by atomic mass is 9.96. The number of aryl methyl sites for hydroxylation is 2. The van der Waals surface area contributed by atoms with Gasteiger partial charge in [0.25, 0.3) is 5.91 Å². The van der Waals surface area contributed by atoms with E-state index in [-0.39, 0.29) is 43.4 Å². The fraction of sp³-hybridized carbons (Fsp3) is 0.520. The molecule has 0 aliphatic carbocycles. The van der Waals surface area contributed by atoms with Crippen molar-refractivity contribution in [2.45, 2.75) is 63.7 Å². The van der Waals surface area contributed by atoms with Crippen LogP contribution in [0.1, 0.15) is 53.7 Å². The van der Waals surface area contributed by atoms with Gasteiger partial charge < -0.3 is 15.4 Å². The highest BCUT2D eigenvalue weighted by molar-refractivity contribution is 7.91. The molecular weight excluding hydrogens is 539 g/mol. The molecule has 2 N–H and O–H groups in total. The number of aromatic nitrogens is 2. The van der Waals surface area contributed by atoms with Gasteiger partial charge in [-0.05, 0) is 43.4 Å². The normalized spacial score (nSPS) is 15.3. The van der Waals surface area contributed by atoms with E-state index in [1.165, 1.54) is 4.68 Å². The van der Waals surface area contributed by atoms with Crippen molar-refractivity contribution in [1.29, 1.82) is 5.26 Å². The molecule has 1 aliphatic heterocycles. The van der Waals surface area contributed by atoms with E-state index >= 15 is 0 Å². The minimum absolute atomic E-state index is 0.0511. The summed E-state index contributed by atoms with van der Waals surface area (Å²) in [5, 5.41) is 18.7. The van der Waals surface area contributed by atoms with Gasteiger partial charge in [-0.25, -0.2) is 13.1 Å². The van der Waals surface area contributed by atoms with Gasteiger partial charge in [0.15, 0.2) is 9.84 Å². The molecule has 14 heteroatoms. The van der Waals surface area contributed by atoms with Crippen LogP contribution in [-0.2, 0) is 34.0 Å². The SMILES string of the molecule is CS(=O)(=O)CC(=O)Nc1c2c(nn1CCCC#N)C[C@H](CCc1cccc(OCCCC(F)(F)F)c1)NC2=O. The molecule has 2 heterocycles. The summed E-state index contributed by atoms with van der Waals surface area (Å²) >= 11 is 0. The van der Waals surface area contributed by atoms with E-state index in [9.17, 15) is 31.2 Å². The third-order valence-corrected chi connectivity index (χ3v) is 6.68. The second kappa shape index (κ2) is 13.0. The Morgan fingerprint density at radius 3 is 2.79 bits per heavy atom. The molecular formula is C25H30F3N5O5S. The first kappa shape index (κ1) is 29.9. The summed E-state index contributed by atoms with van der Waals surface area (Å²) < 4.78 is 66.8. The Morgan fingerprint density at radius 1 is 1.33 bits per heavy atom. The van der Waals surface area contributed by atoms with E-state index in [1.807, 2.05) is 12.1 Å². The third-order valence-electron chi connectivity index (χ3n) is 5.89. The number of nitrogens with zero attached hydrogens (tertiary/aromatic N) is 3. The van der Waals surface area contributed by atoms with Crippen LogP contribution in [0.3, 0.4) is 0 Å². The van der Waals surface area contributed by atoms with Gasteiger partial charge in [-0.3, -0.25) is 9.59 Å². The van der Waals surface area contributed by atoms with Crippen LogP contribution in [0, 0.1) is 11.3 Å². The summed E-state index contributed by atoms with van der Waals surface area (Å²) in [6.07, 6.45) is -2.20. The van der Waals surface area contributed by atoms with Crippen molar-refractivity contribution < 1.29 is 35.9 Å². The van der Waals surface area contributed by atoms with Crippen molar-refractivity contribution >= 4 is 27.5 Å². The molecule has 1 atom stereocenters. The molecule has 0 radical (unpaired) electrons. The average Bonchev–Trinajstić information content (AvgIpc) is 3.16. The molecule has 2 aromatic rings. The van der Waals surface area contributed by atoms with Gasteiger partial charge in [0.05, 0.1) is 18.4 Å². The maximum Gasteiger partial charge on any atom is 0.389 e. The van der Waals surface area contributed by atoms with Gasteiger partial charge in [0.2, 0.25) is 5.91 Å². The number of carbonyl (C=O) groups excluding carboxylic acids is 2. The highest BCUT2D eigenvalue weighted by Crippen LogP contribution is 2.27. The molecule has 39 heavy (non-hydrogen) atoms. The minimum Gasteiger partial charge on any atom is -0.494 e. The molecule has 1 aromatic heterocycles. The van der Waals surface area contributed by atoms with Crippen molar-refractivity contribution in [2.24, 2.45) is 0 Å². The fourth-order valence-electron chi connectivity index (χ4n) is 4.21. The summed E-state index contributed by atoms with van der Waals surface area (Å²) in [5.41, 5.74) is 1.51. The quantitative estimate of drug-likeness (QED) is 0.353. The lowest BCUT2D eigenvalue weighted by Crippen LogP contribution is -2.41. The lowest BCUT2D eigenvalue weighted by Gasteiger charge is -2.23. The Balaban J connectivity index is 1.66. The number of anilines is 1. The number of ether oxygens (including phenoxy) is 1. The smallest absolute Gasteiger partial charge is 0.389 e. The molecule has 3 rings (SSSR count). The average molecular weight is 570 g/mol. The highest BCUT2D eigenvalue weighted by Gasteiger charge is 2.32. The predicted molar refractivity (Wildman–Crippen MR) is 136 cm³/mol. The second-order valence-corrected chi connectivity index (χ2v) is 11.5. The maximum absolute atomic E-state index is 13.0. The summed E-state index contributed by atoms with van der Waals surface area (Å²) in [7, 11) is -3.59. The lowest BCUT2D eigenvalue weighted by molar-refractivity contribution is -0.136. The number of halogens is 3. The molecule has 1 aromatic carbocycles. The van der Waals surface area contributed by atoms with Crippen LogP contribution in [-0.4, -0.2) is 60.8 Å². The number of benzene rings is 1. The van der Waals surface area contributed by atoms with Crippen LogP contribution in [0.5, 0.6) is 5.75 Å². The molecule has 0 bridgehead atoms. The predicted octanol–water partition coefficient (Wildman–Crippen LogP) is 3.18. The molecule has 212 valence electrons. The topological polar surface area (TPSA) is 143 Å². The number of nitriles is 1. The fourth-order valence-corrected chi connectivity index (χ4v) is 4.75. The Bertz CT molecular complexity index is 1330. The molecule has 10 nitrogen and oxygen atoms in total. The summed E-state index contributed by atoms with van der Waals surface area (Å²) in [4.78, 5) is 25.3. The third kappa shape index (κ3) is 9.58. The van der Waals surface area contributed by atoms with E-state index in [1.54, 1.807) is 18.2 Å². The van der Waals surface area contributed by atoms with E-state index in [2.05, 4.69) is 15.7 Å². The number of fused-ring (bicyclic) bond motifs is 1. The number of hydrogen-bond donors (Lipinski definition) is 2. The molecule has 1 aliphatic rings. The molecule has 0 saturated heterocycles. The molecule has 2 amide bonds. The van der Waals surface area contributed by atoms with Gasteiger partial charge in [-0.1, -0.05) is 12.1 Å². The van der Waals surface area contributed by atoms with Crippen molar-refractivity contribution in [3.05, 3.63) is 41.1 Å². The van der Waals surface area contributed by atoms with Crippen molar-refractivity contribution in [3.63, 3.8) is 0 Å². The number of nitrogens with one attached hydrogen (secondary N) is 2. The van der Waals surface area contributed by atoms with Gasteiger partial charge in [0.1, 0.15) is 22.9 Å². The van der Waals surface area contributed by atoms with Crippen molar-refractivity contribution in [3.8, 4) is 11.8 Å². The summed E-state index contributed by atoms with van der Waals surface area (Å²) in [6, 6.07) is 8.78. The standard InChI is InChI=1S/C25H30F3N5O5S/c1-39(36,37)16-21(34)31-23-22-20(32-33(23)12-3-2-11-29)15-18(30-24(22)35)9-8-17-6-4-7-19(14-17)38-13-5-10-25(26,27)28/h4,6-7,14,18H,2-3,5,8-10,12-13,15-16H2,1H3,(H,30,35)(H,31,34)/t18-/m0/s1. The summed E-state index contributed by atoms with van der Waals surface area (Å²) in [6.45, 7) is 0.202.